The molecule has 190 valence electrons. The van der Waals surface area contributed by atoms with E-state index in [0.717, 1.165) is 30.2 Å². The highest BCUT2D eigenvalue weighted by molar-refractivity contribution is 8.00. The number of pyridine rings is 3. The number of carbonyl (C=O) groups is 1. The number of nitrogens with zero attached hydrogens (tertiary/aromatic N) is 4. The lowest BCUT2D eigenvalue weighted by molar-refractivity contribution is -0.113. The van der Waals surface area contributed by atoms with Crippen molar-refractivity contribution in [1.29, 1.82) is 0 Å². The van der Waals surface area contributed by atoms with Crippen molar-refractivity contribution in [3.05, 3.63) is 47.5 Å². The topological polar surface area (TPSA) is 113 Å². The summed E-state index contributed by atoms with van der Waals surface area (Å²) < 4.78 is 19.9. The van der Waals surface area contributed by atoms with Crippen molar-refractivity contribution in [3.63, 3.8) is 0 Å². The standard InChI is InChI=1S/C25H29FN6O3S/c1-35-23-5-3-20-24(31-23)18(19(26)10-28-20)6-7-32-11-15(16(12-32)13-33)8-27-9-17-2-4-21-25(29-17)30-22(34)14-36-21/h2-5,10,15-16,27,33H,6-9,11-14H2,1H3,(H,29,30,34)/t15-,16-/m0/s1. The molecule has 0 spiro atoms. The smallest absolute Gasteiger partial charge is 0.235 e. The van der Waals surface area contributed by atoms with Crippen LogP contribution in [0.2, 0.25) is 0 Å². The normalized spacial score (nSPS) is 19.9. The summed E-state index contributed by atoms with van der Waals surface area (Å²) in [6, 6.07) is 7.46. The van der Waals surface area contributed by atoms with E-state index >= 15 is 0 Å². The molecule has 5 rings (SSSR count). The van der Waals surface area contributed by atoms with E-state index in [2.05, 4.69) is 30.5 Å². The highest BCUT2D eigenvalue weighted by atomic mass is 32.2. The van der Waals surface area contributed by atoms with Gasteiger partial charge in [0.25, 0.3) is 0 Å². The van der Waals surface area contributed by atoms with Crippen LogP contribution in [0.5, 0.6) is 5.88 Å². The van der Waals surface area contributed by atoms with Gasteiger partial charge in [-0.25, -0.2) is 14.4 Å². The predicted octanol–water partition coefficient (Wildman–Crippen LogP) is 2.09. The van der Waals surface area contributed by atoms with Crippen LogP contribution in [0.15, 0.2) is 35.4 Å². The van der Waals surface area contributed by atoms with Crippen molar-refractivity contribution in [2.75, 3.05) is 51.0 Å². The molecule has 2 atom stereocenters. The summed E-state index contributed by atoms with van der Waals surface area (Å²) in [5.74, 6) is 1.48. The minimum atomic E-state index is -0.369. The third kappa shape index (κ3) is 5.44. The average Bonchev–Trinajstić information content (AvgIpc) is 3.29. The van der Waals surface area contributed by atoms with E-state index in [1.807, 2.05) is 12.1 Å². The second-order valence-electron chi connectivity index (χ2n) is 9.14. The van der Waals surface area contributed by atoms with Crippen LogP contribution in [-0.4, -0.2) is 76.5 Å². The van der Waals surface area contributed by atoms with Gasteiger partial charge in [0, 0.05) is 44.4 Å². The van der Waals surface area contributed by atoms with Gasteiger partial charge in [0.1, 0.15) is 11.6 Å². The molecule has 36 heavy (non-hydrogen) atoms. The first-order valence-corrected chi connectivity index (χ1v) is 13.0. The zero-order valence-electron chi connectivity index (χ0n) is 20.0. The van der Waals surface area contributed by atoms with Crippen molar-refractivity contribution >= 4 is 34.5 Å². The molecule has 1 amide bonds. The van der Waals surface area contributed by atoms with Crippen molar-refractivity contribution < 1.29 is 19.0 Å². The Morgan fingerprint density at radius 1 is 1.25 bits per heavy atom. The number of amides is 1. The number of rotatable bonds is 9. The number of aliphatic hydroxyl groups excluding tert-OH is 1. The number of hydrogen-bond donors (Lipinski definition) is 3. The first-order chi connectivity index (χ1) is 17.5. The minimum Gasteiger partial charge on any atom is -0.481 e. The number of carbonyl (C=O) groups excluding carboxylic acids is 1. The van der Waals surface area contributed by atoms with E-state index in [9.17, 15) is 14.3 Å². The molecule has 0 aromatic carbocycles. The molecule has 0 radical (unpaired) electrons. The van der Waals surface area contributed by atoms with Crippen LogP contribution in [0.3, 0.4) is 0 Å². The fourth-order valence-corrected chi connectivity index (χ4v) is 5.60. The van der Waals surface area contributed by atoms with Gasteiger partial charge < -0.3 is 25.4 Å². The summed E-state index contributed by atoms with van der Waals surface area (Å²) in [7, 11) is 1.53. The van der Waals surface area contributed by atoms with E-state index in [0.29, 0.717) is 53.6 Å². The Morgan fingerprint density at radius 3 is 2.94 bits per heavy atom. The number of nitrogens with one attached hydrogen (secondary N) is 2. The van der Waals surface area contributed by atoms with Gasteiger partial charge in [-0.1, -0.05) is 0 Å². The summed E-state index contributed by atoms with van der Waals surface area (Å²) in [4.78, 5) is 28.0. The predicted molar refractivity (Wildman–Crippen MR) is 136 cm³/mol. The highest BCUT2D eigenvalue weighted by Gasteiger charge is 2.32. The maximum absolute atomic E-state index is 14.7. The summed E-state index contributed by atoms with van der Waals surface area (Å²) in [6.07, 6.45) is 1.74. The fourth-order valence-electron chi connectivity index (χ4n) is 4.84. The van der Waals surface area contributed by atoms with E-state index in [1.54, 1.807) is 12.1 Å². The number of thioether (sulfide) groups is 1. The molecule has 2 aliphatic heterocycles. The fraction of sp³-hybridized carbons (Fsp3) is 0.440. The number of fused-ring (bicyclic) bond motifs is 2. The summed E-state index contributed by atoms with van der Waals surface area (Å²) in [6.45, 7) is 3.63. The lowest BCUT2D eigenvalue weighted by atomic mass is 9.97. The first-order valence-electron chi connectivity index (χ1n) is 12.0. The summed E-state index contributed by atoms with van der Waals surface area (Å²) in [5, 5.41) is 16.2. The Balaban J connectivity index is 1.17. The molecule has 0 aliphatic carbocycles. The van der Waals surface area contributed by atoms with E-state index in [1.165, 1.54) is 25.1 Å². The number of ether oxygens (including phenoxy) is 1. The Hall–Kier alpha value is -2.86. The molecule has 5 heterocycles. The maximum Gasteiger partial charge on any atom is 0.235 e. The molecule has 9 nitrogen and oxygen atoms in total. The van der Waals surface area contributed by atoms with Crippen LogP contribution < -0.4 is 15.4 Å². The Labute approximate surface area is 212 Å². The Kier molecular flexibility index (Phi) is 7.61. The molecule has 1 saturated heterocycles. The molecule has 0 bridgehead atoms. The van der Waals surface area contributed by atoms with Gasteiger partial charge in [-0.15, -0.1) is 11.8 Å². The SMILES string of the molecule is COc1ccc2ncc(F)c(CCN3C[C@@H](CO)[C@@H](CNCc4ccc5c(n4)NC(=O)CS5)C3)c2n1. The van der Waals surface area contributed by atoms with Gasteiger partial charge in [0.15, 0.2) is 0 Å². The number of anilines is 1. The zero-order valence-corrected chi connectivity index (χ0v) is 20.9. The van der Waals surface area contributed by atoms with Crippen molar-refractivity contribution in [1.82, 2.24) is 25.2 Å². The van der Waals surface area contributed by atoms with Crippen LogP contribution in [0.4, 0.5) is 10.2 Å². The second kappa shape index (κ2) is 11.0. The number of likely N-dealkylation sites (tertiary alicyclic amines) is 1. The van der Waals surface area contributed by atoms with Crippen LogP contribution in [0.25, 0.3) is 11.0 Å². The molecule has 3 aromatic rings. The third-order valence-electron chi connectivity index (χ3n) is 6.76. The molecule has 0 saturated carbocycles. The van der Waals surface area contributed by atoms with Crippen LogP contribution in [-0.2, 0) is 17.8 Å². The number of aliphatic hydroxyl groups is 1. The second-order valence-corrected chi connectivity index (χ2v) is 10.2. The van der Waals surface area contributed by atoms with E-state index in [4.69, 9.17) is 4.74 Å². The van der Waals surface area contributed by atoms with Crippen molar-refractivity contribution in [2.24, 2.45) is 11.8 Å². The molecule has 3 aromatic heterocycles. The first kappa shape index (κ1) is 24.8. The highest BCUT2D eigenvalue weighted by Crippen LogP contribution is 2.30. The zero-order chi connectivity index (χ0) is 25.1. The molecule has 11 heteroatoms. The van der Waals surface area contributed by atoms with Crippen LogP contribution in [0, 0.1) is 17.7 Å². The summed E-state index contributed by atoms with van der Waals surface area (Å²) in [5.41, 5.74) is 2.55. The minimum absolute atomic E-state index is 0.0310. The van der Waals surface area contributed by atoms with Gasteiger partial charge in [-0.2, -0.15) is 0 Å². The van der Waals surface area contributed by atoms with Gasteiger partial charge in [-0.05, 0) is 43.0 Å². The van der Waals surface area contributed by atoms with Gasteiger partial charge >= 0.3 is 0 Å². The number of methoxy groups -OCH3 is 1. The van der Waals surface area contributed by atoms with Crippen LogP contribution >= 0.6 is 11.8 Å². The molecule has 0 unspecified atom stereocenters. The third-order valence-corrected chi connectivity index (χ3v) is 7.81. The van der Waals surface area contributed by atoms with Gasteiger partial charge in [-0.3, -0.25) is 9.78 Å². The lowest BCUT2D eigenvalue weighted by Crippen LogP contribution is -2.30. The number of halogens is 1. The van der Waals surface area contributed by atoms with E-state index < -0.39 is 0 Å². The quantitative estimate of drug-likeness (QED) is 0.397. The van der Waals surface area contributed by atoms with Gasteiger partial charge in [0.2, 0.25) is 11.8 Å². The van der Waals surface area contributed by atoms with Crippen molar-refractivity contribution in [3.8, 4) is 5.88 Å². The Morgan fingerprint density at radius 2 is 2.11 bits per heavy atom. The number of hydrogen-bond acceptors (Lipinski definition) is 9. The molecular weight excluding hydrogens is 483 g/mol. The van der Waals surface area contributed by atoms with Crippen LogP contribution in [0.1, 0.15) is 11.3 Å². The number of aromatic nitrogens is 3. The van der Waals surface area contributed by atoms with Crippen molar-refractivity contribution in [2.45, 2.75) is 17.9 Å². The average molecular weight is 513 g/mol. The molecule has 1 fully saturated rings. The lowest BCUT2D eigenvalue weighted by Gasteiger charge is -2.18. The molecule has 2 aliphatic rings. The molecular formula is C25H29FN6O3S. The summed E-state index contributed by atoms with van der Waals surface area (Å²) >= 11 is 1.49. The molecule has 3 N–H and O–H groups in total. The monoisotopic (exact) mass is 512 g/mol. The van der Waals surface area contributed by atoms with Gasteiger partial charge in [0.05, 0.1) is 40.7 Å². The van der Waals surface area contributed by atoms with E-state index in [-0.39, 0.29) is 30.2 Å². The largest absolute Gasteiger partial charge is 0.481 e. The Bertz CT molecular complexity index is 1260. The maximum atomic E-state index is 14.7.